The Labute approximate surface area is 55.8 Å². The number of rotatable bonds is 0. The maximum absolute atomic E-state index is 12.8. The average molecular weight is 131 g/mol. The molecule has 0 bridgehead atoms. The van der Waals surface area contributed by atoms with Crippen molar-refractivity contribution in [2.75, 3.05) is 20.1 Å². The van der Waals surface area contributed by atoms with Crippen molar-refractivity contribution in [2.45, 2.75) is 19.5 Å². The Morgan fingerprint density at radius 2 is 2.22 bits per heavy atom. The lowest BCUT2D eigenvalue weighted by atomic mass is 9.98. The summed E-state index contributed by atoms with van der Waals surface area (Å²) in [5.74, 6) is 0.279. The molecule has 0 N–H and O–H groups in total. The first-order chi connectivity index (χ1) is 4.20. The normalized spacial score (nSPS) is 39.0. The van der Waals surface area contributed by atoms with E-state index in [2.05, 4.69) is 0 Å². The summed E-state index contributed by atoms with van der Waals surface area (Å²) >= 11 is 0. The third kappa shape index (κ3) is 1.65. The Morgan fingerprint density at radius 3 is 2.67 bits per heavy atom. The Balaban J connectivity index is 2.35. The SMILES string of the molecule is C[C@@H]1CCN(C)C[C@H]1F. The van der Waals surface area contributed by atoms with Crippen molar-refractivity contribution in [3.63, 3.8) is 0 Å². The van der Waals surface area contributed by atoms with Crippen LogP contribution in [0.15, 0.2) is 0 Å². The maximum atomic E-state index is 12.8. The van der Waals surface area contributed by atoms with Crippen molar-refractivity contribution in [1.82, 2.24) is 4.90 Å². The van der Waals surface area contributed by atoms with Crippen molar-refractivity contribution in [2.24, 2.45) is 5.92 Å². The number of likely N-dealkylation sites (tertiary alicyclic amines) is 1. The topological polar surface area (TPSA) is 3.24 Å². The number of hydrogen-bond acceptors (Lipinski definition) is 1. The van der Waals surface area contributed by atoms with Crippen LogP contribution >= 0.6 is 0 Å². The fourth-order valence-corrected chi connectivity index (χ4v) is 1.17. The van der Waals surface area contributed by atoms with E-state index in [1.165, 1.54) is 0 Å². The second kappa shape index (κ2) is 2.65. The van der Waals surface area contributed by atoms with Crippen LogP contribution in [-0.4, -0.2) is 31.2 Å². The van der Waals surface area contributed by atoms with E-state index in [1.54, 1.807) is 0 Å². The van der Waals surface area contributed by atoms with E-state index in [0.717, 1.165) is 13.0 Å². The van der Waals surface area contributed by atoms with Crippen LogP contribution in [0.2, 0.25) is 0 Å². The predicted octanol–water partition coefficient (Wildman–Crippen LogP) is 1.30. The number of halogens is 1. The summed E-state index contributed by atoms with van der Waals surface area (Å²) in [6, 6.07) is 0. The number of hydrogen-bond donors (Lipinski definition) is 0. The van der Waals surface area contributed by atoms with Crippen LogP contribution in [0, 0.1) is 5.92 Å². The van der Waals surface area contributed by atoms with Gasteiger partial charge in [-0.05, 0) is 25.9 Å². The third-order valence-electron chi connectivity index (χ3n) is 2.07. The smallest absolute Gasteiger partial charge is 0.115 e. The largest absolute Gasteiger partial charge is 0.303 e. The van der Waals surface area contributed by atoms with Gasteiger partial charge < -0.3 is 4.90 Å². The Kier molecular flexibility index (Phi) is 2.06. The van der Waals surface area contributed by atoms with Crippen molar-refractivity contribution < 1.29 is 4.39 Å². The summed E-state index contributed by atoms with van der Waals surface area (Å²) in [6.07, 6.45) is 0.418. The van der Waals surface area contributed by atoms with E-state index in [-0.39, 0.29) is 5.92 Å². The first-order valence-corrected chi connectivity index (χ1v) is 3.53. The lowest BCUT2D eigenvalue weighted by molar-refractivity contribution is 0.112. The minimum absolute atomic E-state index is 0.279. The van der Waals surface area contributed by atoms with Gasteiger partial charge in [-0.1, -0.05) is 6.92 Å². The van der Waals surface area contributed by atoms with Gasteiger partial charge in [0.15, 0.2) is 0 Å². The molecular formula is C7H14FN. The molecule has 1 aliphatic heterocycles. The number of piperidine rings is 1. The van der Waals surface area contributed by atoms with Crippen molar-refractivity contribution in [3.8, 4) is 0 Å². The van der Waals surface area contributed by atoms with Crippen molar-refractivity contribution in [1.29, 1.82) is 0 Å². The lowest BCUT2D eigenvalue weighted by Crippen LogP contribution is -2.38. The molecule has 0 aromatic carbocycles. The standard InChI is InChI=1S/C7H14FN/c1-6-3-4-9(2)5-7(6)8/h6-7H,3-5H2,1-2H3/t6-,7-/m1/s1. The molecule has 0 unspecified atom stereocenters. The van der Waals surface area contributed by atoms with Crippen LogP contribution in [-0.2, 0) is 0 Å². The minimum atomic E-state index is -0.594. The first kappa shape index (κ1) is 7.00. The van der Waals surface area contributed by atoms with E-state index < -0.39 is 6.17 Å². The molecule has 1 fully saturated rings. The summed E-state index contributed by atoms with van der Waals surface area (Å²) in [4.78, 5) is 2.05. The van der Waals surface area contributed by atoms with Crippen LogP contribution in [0.1, 0.15) is 13.3 Å². The van der Waals surface area contributed by atoms with Gasteiger partial charge in [0.1, 0.15) is 6.17 Å². The number of nitrogens with zero attached hydrogens (tertiary/aromatic N) is 1. The van der Waals surface area contributed by atoms with Crippen LogP contribution in [0.25, 0.3) is 0 Å². The highest BCUT2D eigenvalue weighted by Crippen LogP contribution is 2.17. The van der Waals surface area contributed by atoms with E-state index in [0.29, 0.717) is 6.54 Å². The van der Waals surface area contributed by atoms with Gasteiger partial charge in [-0.3, -0.25) is 0 Å². The van der Waals surface area contributed by atoms with Crippen LogP contribution < -0.4 is 0 Å². The maximum Gasteiger partial charge on any atom is 0.115 e. The molecule has 1 rings (SSSR count). The molecule has 0 aromatic rings. The van der Waals surface area contributed by atoms with E-state index >= 15 is 0 Å². The van der Waals surface area contributed by atoms with Crippen LogP contribution in [0.3, 0.4) is 0 Å². The average Bonchev–Trinajstić information content (AvgIpc) is 1.80. The van der Waals surface area contributed by atoms with E-state index in [4.69, 9.17) is 0 Å². The fourth-order valence-electron chi connectivity index (χ4n) is 1.17. The van der Waals surface area contributed by atoms with Gasteiger partial charge in [-0.15, -0.1) is 0 Å². The van der Waals surface area contributed by atoms with Crippen LogP contribution in [0.5, 0.6) is 0 Å². The summed E-state index contributed by atoms with van der Waals surface area (Å²) in [5.41, 5.74) is 0. The highest BCUT2D eigenvalue weighted by molar-refractivity contribution is 4.74. The molecular weight excluding hydrogens is 117 g/mol. The molecule has 0 aliphatic carbocycles. The van der Waals surface area contributed by atoms with Gasteiger partial charge in [0.2, 0.25) is 0 Å². The van der Waals surface area contributed by atoms with Crippen molar-refractivity contribution in [3.05, 3.63) is 0 Å². The van der Waals surface area contributed by atoms with Crippen molar-refractivity contribution >= 4 is 0 Å². The van der Waals surface area contributed by atoms with Gasteiger partial charge >= 0.3 is 0 Å². The highest BCUT2D eigenvalue weighted by atomic mass is 19.1. The van der Waals surface area contributed by atoms with Gasteiger partial charge in [0.05, 0.1) is 0 Å². The van der Waals surface area contributed by atoms with E-state index in [1.807, 2.05) is 18.9 Å². The van der Waals surface area contributed by atoms with Gasteiger partial charge in [0.25, 0.3) is 0 Å². The fraction of sp³-hybridized carbons (Fsp3) is 1.00. The molecule has 2 atom stereocenters. The summed E-state index contributed by atoms with van der Waals surface area (Å²) in [6.45, 7) is 3.67. The van der Waals surface area contributed by atoms with E-state index in [9.17, 15) is 4.39 Å². The monoisotopic (exact) mass is 131 g/mol. The molecule has 9 heavy (non-hydrogen) atoms. The van der Waals surface area contributed by atoms with Gasteiger partial charge in [0, 0.05) is 6.54 Å². The zero-order valence-corrected chi connectivity index (χ0v) is 6.10. The molecule has 0 aromatic heterocycles. The molecule has 2 heteroatoms. The Morgan fingerprint density at radius 1 is 1.56 bits per heavy atom. The molecule has 0 spiro atoms. The number of alkyl halides is 1. The second-order valence-electron chi connectivity index (χ2n) is 3.04. The molecule has 1 nitrogen and oxygen atoms in total. The zero-order chi connectivity index (χ0) is 6.85. The lowest BCUT2D eigenvalue weighted by Gasteiger charge is -2.29. The summed E-state index contributed by atoms with van der Waals surface area (Å²) in [5, 5.41) is 0. The molecule has 1 heterocycles. The van der Waals surface area contributed by atoms with Crippen LogP contribution in [0.4, 0.5) is 4.39 Å². The van der Waals surface area contributed by atoms with Gasteiger partial charge in [-0.2, -0.15) is 0 Å². The quantitative estimate of drug-likeness (QED) is 0.479. The zero-order valence-electron chi connectivity index (χ0n) is 6.10. The molecule has 54 valence electrons. The minimum Gasteiger partial charge on any atom is -0.303 e. The molecule has 0 amide bonds. The summed E-state index contributed by atoms with van der Waals surface area (Å²) < 4.78 is 12.8. The highest BCUT2D eigenvalue weighted by Gasteiger charge is 2.22. The molecule has 0 radical (unpaired) electrons. The Bertz CT molecular complexity index is 94.9. The summed E-state index contributed by atoms with van der Waals surface area (Å²) in [7, 11) is 1.97. The molecule has 0 saturated carbocycles. The van der Waals surface area contributed by atoms with Gasteiger partial charge in [-0.25, -0.2) is 4.39 Å². The third-order valence-corrected chi connectivity index (χ3v) is 2.07. The second-order valence-corrected chi connectivity index (χ2v) is 3.04. The predicted molar refractivity (Wildman–Crippen MR) is 36.2 cm³/mol. The first-order valence-electron chi connectivity index (χ1n) is 3.53. The molecule has 1 aliphatic rings. The Hall–Kier alpha value is -0.110. The molecule has 1 saturated heterocycles.